The summed E-state index contributed by atoms with van der Waals surface area (Å²) in [4.78, 5) is 4.42. The lowest BCUT2D eigenvalue weighted by atomic mass is 10.1. The molecule has 2 heterocycles. The van der Waals surface area contributed by atoms with Gasteiger partial charge in [-0.1, -0.05) is 71.0 Å². The van der Waals surface area contributed by atoms with E-state index in [2.05, 4.69) is 32.5 Å². The summed E-state index contributed by atoms with van der Waals surface area (Å²) in [5.74, 6) is 2.45. The van der Waals surface area contributed by atoms with Crippen LogP contribution >= 0.6 is 23.4 Å². The predicted molar refractivity (Wildman–Crippen MR) is 105 cm³/mol. The van der Waals surface area contributed by atoms with Crippen molar-refractivity contribution >= 4 is 23.4 Å². The van der Waals surface area contributed by atoms with Crippen molar-refractivity contribution < 1.29 is 4.52 Å². The number of rotatable bonds is 6. The van der Waals surface area contributed by atoms with Crippen molar-refractivity contribution in [1.82, 2.24) is 24.9 Å². The van der Waals surface area contributed by atoms with Crippen molar-refractivity contribution in [2.45, 2.75) is 17.3 Å². The maximum Gasteiger partial charge on any atom is 0.259 e. The van der Waals surface area contributed by atoms with Gasteiger partial charge in [0.25, 0.3) is 5.89 Å². The summed E-state index contributed by atoms with van der Waals surface area (Å²) in [6, 6.07) is 17.6. The molecule has 0 aliphatic carbocycles. The zero-order valence-corrected chi connectivity index (χ0v) is 16.1. The molecule has 0 bridgehead atoms. The molecule has 0 saturated carbocycles. The molecule has 6 nitrogen and oxygen atoms in total. The maximum atomic E-state index is 6.18. The second kappa shape index (κ2) is 7.94. The van der Waals surface area contributed by atoms with Gasteiger partial charge in [0.1, 0.15) is 5.82 Å². The summed E-state index contributed by atoms with van der Waals surface area (Å²) < 4.78 is 7.33. The number of hydrogen-bond donors (Lipinski definition) is 0. The van der Waals surface area contributed by atoms with Crippen LogP contribution < -0.4 is 0 Å². The summed E-state index contributed by atoms with van der Waals surface area (Å²) in [5, 5.41) is 14.0. The van der Waals surface area contributed by atoms with Crippen molar-refractivity contribution in [3.8, 4) is 11.5 Å². The molecule has 8 heteroatoms. The average molecular weight is 398 g/mol. The smallest absolute Gasteiger partial charge is 0.259 e. The Hall–Kier alpha value is -2.64. The molecule has 0 aliphatic heterocycles. The predicted octanol–water partition coefficient (Wildman–Crippen LogP) is 4.40. The molecule has 0 saturated heterocycles. The number of halogens is 1. The quantitative estimate of drug-likeness (QED) is 0.449. The van der Waals surface area contributed by atoms with Crippen LogP contribution in [0, 0.1) is 0 Å². The second-order valence-electron chi connectivity index (χ2n) is 5.90. The molecular formula is C19H16ClN5OS. The molecule has 0 aliphatic rings. The van der Waals surface area contributed by atoms with Gasteiger partial charge >= 0.3 is 0 Å². The van der Waals surface area contributed by atoms with Crippen LogP contribution in [0.5, 0.6) is 0 Å². The van der Waals surface area contributed by atoms with Crippen molar-refractivity contribution in [1.29, 1.82) is 0 Å². The van der Waals surface area contributed by atoms with Crippen LogP contribution in [-0.2, 0) is 19.2 Å². The fourth-order valence-electron chi connectivity index (χ4n) is 2.59. The number of benzene rings is 2. The first-order valence-electron chi connectivity index (χ1n) is 8.33. The Balaban J connectivity index is 1.43. The Morgan fingerprint density at radius 3 is 2.63 bits per heavy atom. The molecule has 0 spiro atoms. The minimum absolute atomic E-state index is 0.416. The molecular weight excluding hydrogens is 382 g/mol. The van der Waals surface area contributed by atoms with E-state index < -0.39 is 0 Å². The largest absolute Gasteiger partial charge is 0.334 e. The Labute approximate surface area is 165 Å². The van der Waals surface area contributed by atoms with Gasteiger partial charge < -0.3 is 9.09 Å². The van der Waals surface area contributed by atoms with E-state index in [9.17, 15) is 0 Å². The van der Waals surface area contributed by atoms with Crippen LogP contribution in [0.2, 0.25) is 5.02 Å². The monoisotopic (exact) mass is 397 g/mol. The van der Waals surface area contributed by atoms with Crippen LogP contribution in [0.15, 0.2) is 64.3 Å². The zero-order valence-electron chi connectivity index (χ0n) is 14.5. The molecule has 0 N–H and O–H groups in total. The van der Waals surface area contributed by atoms with Crippen molar-refractivity contribution in [2.24, 2.45) is 7.05 Å². The summed E-state index contributed by atoms with van der Waals surface area (Å²) in [6.07, 6.45) is 0.740. The van der Waals surface area contributed by atoms with Gasteiger partial charge in [-0.05, 0) is 17.7 Å². The third-order valence-electron chi connectivity index (χ3n) is 4.03. The van der Waals surface area contributed by atoms with Crippen LogP contribution in [0.3, 0.4) is 0 Å². The summed E-state index contributed by atoms with van der Waals surface area (Å²) in [6.45, 7) is 0. The molecule has 0 fully saturated rings. The van der Waals surface area contributed by atoms with Crippen LogP contribution in [-0.4, -0.2) is 24.9 Å². The van der Waals surface area contributed by atoms with E-state index in [0.29, 0.717) is 22.5 Å². The Bertz CT molecular complexity index is 1050. The van der Waals surface area contributed by atoms with Gasteiger partial charge in [-0.3, -0.25) is 0 Å². The fraction of sp³-hybridized carbons (Fsp3) is 0.158. The van der Waals surface area contributed by atoms with Gasteiger partial charge in [0.15, 0.2) is 11.0 Å². The standard InChI is InChI=1S/C19H16ClN5OS/c1-25-17(11-13-7-3-2-4-8-13)22-23-19(25)27-12-16-21-18(26-24-16)14-9-5-6-10-15(14)20/h2-10H,11-12H2,1H3. The number of hydrogen-bond acceptors (Lipinski definition) is 6. The lowest BCUT2D eigenvalue weighted by molar-refractivity contribution is 0.425. The van der Waals surface area contributed by atoms with Gasteiger partial charge in [0, 0.05) is 13.5 Å². The number of thioether (sulfide) groups is 1. The molecule has 2 aromatic carbocycles. The maximum absolute atomic E-state index is 6.18. The highest BCUT2D eigenvalue weighted by atomic mass is 35.5. The molecule has 0 radical (unpaired) electrons. The summed E-state index contributed by atoms with van der Waals surface area (Å²) >= 11 is 7.69. The molecule has 0 unspecified atom stereocenters. The molecule has 27 heavy (non-hydrogen) atoms. The van der Waals surface area contributed by atoms with Crippen molar-refractivity contribution in [3.63, 3.8) is 0 Å². The molecule has 136 valence electrons. The molecule has 0 atom stereocenters. The van der Waals surface area contributed by atoms with E-state index in [4.69, 9.17) is 16.1 Å². The van der Waals surface area contributed by atoms with E-state index >= 15 is 0 Å². The minimum Gasteiger partial charge on any atom is -0.334 e. The van der Waals surface area contributed by atoms with Gasteiger partial charge in [0.2, 0.25) is 0 Å². The van der Waals surface area contributed by atoms with Gasteiger partial charge in [-0.15, -0.1) is 10.2 Å². The minimum atomic E-state index is 0.416. The van der Waals surface area contributed by atoms with Gasteiger partial charge in [-0.2, -0.15) is 4.98 Å². The Kier molecular flexibility index (Phi) is 5.22. The molecule has 2 aromatic heterocycles. The summed E-state index contributed by atoms with van der Waals surface area (Å²) in [7, 11) is 1.96. The zero-order chi connectivity index (χ0) is 18.6. The Morgan fingerprint density at radius 2 is 1.81 bits per heavy atom. The first-order valence-corrected chi connectivity index (χ1v) is 9.69. The van der Waals surface area contributed by atoms with E-state index in [1.54, 1.807) is 6.07 Å². The second-order valence-corrected chi connectivity index (χ2v) is 7.25. The van der Waals surface area contributed by atoms with Crippen LogP contribution in [0.4, 0.5) is 0 Å². The topological polar surface area (TPSA) is 69.6 Å². The molecule has 4 aromatic rings. The SMILES string of the molecule is Cn1c(Cc2ccccc2)nnc1SCc1noc(-c2ccccc2Cl)n1. The highest BCUT2D eigenvalue weighted by Crippen LogP contribution is 2.27. The Morgan fingerprint density at radius 1 is 1.04 bits per heavy atom. The van der Waals surface area contributed by atoms with E-state index in [1.165, 1.54) is 17.3 Å². The van der Waals surface area contributed by atoms with E-state index in [1.807, 2.05) is 48.0 Å². The first-order chi connectivity index (χ1) is 13.2. The lowest BCUT2D eigenvalue weighted by Gasteiger charge is -2.03. The van der Waals surface area contributed by atoms with Crippen molar-refractivity contribution in [2.75, 3.05) is 0 Å². The van der Waals surface area contributed by atoms with E-state index in [-0.39, 0.29) is 0 Å². The highest BCUT2D eigenvalue weighted by molar-refractivity contribution is 7.98. The third kappa shape index (κ3) is 4.04. The summed E-state index contributed by atoms with van der Waals surface area (Å²) in [5.41, 5.74) is 1.93. The van der Waals surface area contributed by atoms with Crippen molar-refractivity contribution in [3.05, 3.63) is 76.8 Å². The first kappa shape index (κ1) is 17.8. The van der Waals surface area contributed by atoms with Crippen LogP contribution in [0.1, 0.15) is 17.2 Å². The van der Waals surface area contributed by atoms with Crippen LogP contribution in [0.25, 0.3) is 11.5 Å². The number of nitrogens with zero attached hydrogens (tertiary/aromatic N) is 5. The van der Waals surface area contributed by atoms with Gasteiger partial charge in [-0.25, -0.2) is 0 Å². The van der Waals surface area contributed by atoms with E-state index in [0.717, 1.165) is 23.0 Å². The normalized spacial score (nSPS) is 11.0. The van der Waals surface area contributed by atoms with Gasteiger partial charge in [0.05, 0.1) is 16.3 Å². The average Bonchev–Trinajstić information content (AvgIpc) is 3.29. The number of aromatic nitrogens is 5. The fourth-order valence-corrected chi connectivity index (χ4v) is 3.58. The lowest BCUT2D eigenvalue weighted by Crippen LogP contribution is -2.00. The highest BCUT2D eigenvalue weighted by Gasteiger charge is 2.14. The third-order valence-corrected chi connectivity index (χ3v) is 5.38. The molecule has 0 amide bonds. The molecule has 4 rings (SSSR count).